The van der Waals surface area contributed by atoms with Crippen molar-refractivity contribution >= 4 is 5.91 Å². The first-order valence-electron chi connectivity index (χ1n) is 8.03. The molecule has 2 N–H and O–H groups in total. The third kappa shape index (κ3) is 4.73. The Labute approximate surface area is 136 Å². The minimum absolute atomic E-state index is 0.00373. The van der Waals surface area contributed by atoms with E-state index in [0.717, 1.165) is 0 Å². The van der Waals surface area contributed by atoms with Crippen LogP contribution < -0.4 is 5.32 Å². The van der Waals surface area contributed by atoms with E-state index < -0.39 is 18.0 Å². The van der Waals surface area contributed by atoms with Crippen molar-refractivity contribution in [1.82, 2.24) is 10.2 Å². The van der Waals surface area contributed by atoms with Gasteiger partial charge in [-0.15, -0.1) is 0 Å². The Morgan fingerprint density at radius 1 is 1.35 bits per heavy atom. The van der Waals surface area contributed by atoms with Gasteiger partial charge in [0.15, 0.2) is 0 Å². The molecule has 1 amide bonds. The van der Waals surface area contributed by atoms with Crippen molar-refractivity contribution in [3.05, 3.63) is 35.6 Å². The van der Waals surface area contributed by atoms with Crippen LogP contribution in [0.1, 0.15) is 25.5 Å². The van der Waals surface area contributed by atoms with Gasteiger partial charge in [0.25, 0.3) is 0 Å². The fourth-order valence-electron chi connectivity index (χ4n) is 2.68. The number of nitrogens with zero attached hydrogens (tertiary/aromatic N) is 1. The van der Waals surface area contributed by atoms with Gasteiger partial charge in [0.05, 0.1) is 25.4 Å². The van der Waals surface area contributed by atoms with Crippen molar-refractivity contribution in [2.45, 2.75) is 26.0 Å². The molecule has 0 aromatic heterocycles. The van der Waals surface area contributed by atoms with Gasteiger partial charge >= 0.3 is 0 Å². The molecule has 128 valence electrons. The van der Waals surface area contributed by atoms with Crippen LogP contribution in [-0.4, -0.2) is 54.8 Å². The van der Waals surface area contributed by atoms with Gasteiger partial charge in [-0.05, 0) is 12.0 Å². The molecule has 0 unspecified atom stereocenters. The molecular weight excluding hydrogens is 299 g/mol. The summed E-state index contributed by atoms with van der Waals surface area (Å²) in [4.78, 5) is 14.4. The standard InChI is InChI=1S/C17H25FN2O3/c1-12(2)16(17(22)20-7-9-23-10-8-20)19-11-15(21)13-5-3-4-6-14(13)18/h3-6,12,15-16,19,21H,7-11H2,1-2H3/t15-,16-/m0/s1. The molecule has 1 fully saturated rings. The monoisotopic (exact) mass is 324 g/mol. The zero-order valence-electron chi connectivity index (χ0n) is 13.7. The molecule has 1 aliphatic rings. The second-order valence-corrected chi connectivity index (χ2v) is 6.10. The Bertz CT molecular complexity index is 518. The third-order valence-electron chi connectivity index (χ3n) is 4.05. The topological polar surface area (TPSA) is 61.8 Å². The van der Waals surface area contributed by atoms with Gasteiger partial charge in [-0.25, -0.2) is 4.39 Å². The van der Waals surface area contributed by atoms with Crippen LogP contribution in [0.4, 0.5) is 4.39 Å². The first kappa shape index (κ1) is 17.8. The fraction of sp³-hybridized carbons (Fsp3) is 0.588. The maximum Gasteiger partial charge on any atom is 0.240 e. The Morgan fingerprint density at radius 2 is 2.00 bits per heavy atom. The van der Waals surface area contributed by atoms with Crippen molar-refractivity contribution in [3.63, 3.8) is 0 Å². The van der Waals surface area contributed by atoms with Gasteiger partial charge < -0.3 is 20.1 Å². The predicted molar refractivity (Wildman–Crippen MR) is 85.4 cm³/mol. The second kappa shape index (κ2) is 8.38. The minimum atomic E-state index is -0.991. The van der Waals surface area contributed by atoms with Gasteiger partial charge in [-0.1, -0.05) is 32.0 Å². The number of amides is 1. The predicted octanol–water partition coefficient (Wildman–Crippen LogP) is 1.33. The van der Waals surface area contributed by atoms with Crippen molar-refractivity contribution in [2.75, 3.05) is 32.8 Å². The number of aliphatic hydroxyl groups is 1. The van der Waals surface area contributed by atoms with Crippen LogP contribution in [-0.2, 0) is 9.53 Å². The number of carbonyl (C=O) groups is 1. The minimum Gasteiger partial charge on any atom is -0.387 e. The second-order valence-electron chi connectivity index (χ2n) is 6.10. The van der Waals surface area contributed by atoms with Gasteiger partial charge in [-0.3, -0.25) is 4.79 Å². The average Bonchev–Trinajstić information content (AvgIpc) is 2.55. The van der Waals surface area contributed by atoms with Crippen molar-refractivity contribution < 1.29 is 19.0 Å². The average molecular weight is 324 g/mol. The van der Waals surface area contributed by atoms with Gasteiger partial charge in [0.2, 0.25) is 5.91 Å². The van der Waals surface area contributed by atoms with E-state index in [-0.39, 0.29) is 23.9 Å². The Hall–Kier alpha value is -1.50. The number of ether oxygens (including phenoxy) is 1. The summed E-state index contributed by atoms with van der Waals surface area (Å²) in [5, 5.41) is 13.3. The third-order valence-corrected chi connectivity index (χ3v) is 4.05. The lowest BCUT2D eigenvalue weighted by atomic mass is 10.0. The molecule has 1 heterocycles. The number of aliphatic hydroxyl groups excluding tert-OH is 1. The van der Waals surface area contributed by atoms with E-state index in [2.05, 4.69) is 5.32 Å². The van der Waals surface area contributed by atoms with Gasteiger partial charge in [0.1, 0.15) is 5.82 Å². The molecule has 1 saturated heterocycles. The zero-order valence-corrected chi connectivity index (χ0v) is 13.7. The Kier molecular flexibility index (Phi) is 6.50. The number of hydrogen-bond acceptors (Lipinski definition) is 4. The van der Waals surface area contributed by atoms with E-state index >= 15 is 0 Å². The number of rotatable bonds is 6. The van der Waals surface area contributed by atoms with E-state index in [9.17, 15) is 14.3 Å². The molecule has 0 radical (unpaired) electrons. The summed E-state index contributed by atoms with van der Waals surface area (Å²) in [6.45, 7) is 6.29. The van der Waals surface area contributed by atoms with Crippen LogP contribution in [0.5, 0.6) is 0 Å². The summed E-state index contributed by atoms with van der Waals surface area (Å²) in [6, 6.07) is 5.72. The van der Waals surface area contributed by atoms with Crippen molar-refractivity contribution in [2.24, 2.45) is 5.92 Å². The van der Waals surface area contributed by atoms with Crippen molar-refractivity contribution in [3.8, 4) is 0 Å². The number of nitrogens with one attached hydrogen (secondary N) is 1. The van der Waals surface area contributed by atoms with Crippen LogP contribution in [0.25, 0.3) is 0 Å². The Balaban J connectivity index is 1.96. The van der Waals surface area contributed by atoms with Crippen LogP contribution in [0.15, 0.2) is 24.3 Å². The van der Waals surface area contributed by atoms with E-state index in [4.69, 9.17) is 4.74 Å². The van der Waals surface area contributed by atoms with E-state index in [1.807, 2.05) is 13.8 Å². The molecular formula is C17H25FN2O3. The summed E-state index contributed by atoms with van der Waals surface area (Å²) >= 11 is 0. The van der Waals surface area contributed by atoms with Crippen LogP contribution in [0.2, 0.25) is 0 Å². The lowest BCUT2D eigenvalue weighted by Crippen LogP contribution is -2.53. The number of benzene rings is 1. The number of carbonyl (C=O) groups excluding carboxylic acids is 1. The highest BCUT2D eigenvalue weighted by molar-refractivity contribution is 5.82. The molecule has 0 spiro atoms. The zero-order chi connectivity index (χ0) is 16.8. The highest BCUT2D eigenvalue weighted by Gasteiger charge is 2.28. The van der Waals surface area contributed by atoms with Crippen LogP contribution in [0.3, 0.4) is 0 Å². The first-order valence-corrected chi connectivity index (χ1v) is 8.03. The van der Waals surface area contributed by atoms with Gasteiger partial charge in [0, 0.05) is 25.2 Å². The molecule has 1 aliphatic heterocycles. The summed E-state index contributed by atoms with van der Waals surface area (Å²) in [7, 11) is 0. The van der Waals surface area contributed by atoms with Crippen molar-refractivity contribution in [1.29, 1.82) is 0 Å². The van der Waals surface area contributed by atoms with Crippen LogP contribution in [0, 0.1) is 11.7 Å². The normalized spacial score (nSPS) is 18.0. The van der Waals surface area contributed by atoms with E-state index in [0.29, 0.717) is 26.3 Å². The highest BCUT2D eigenvalue weighted by atomic mass is 19.1. The molecule has 2 atom stereocenters. The SMILES string of the molecule is CC(C)[C@H](NC[C@H](O)c1ccccc1F)C(=O)N1CCOCC1. The first-order chi connectivity index (χ1) is 11.0. The number of morpholine rings is 1. The molecule has 5 nitrogen and oxygen atoms in total. The largest absolute Gasteiger partial charge is 0.387 e. The molecule has 0 saturated carbocycles. The maximum absolute atomic E-state index is 13.7. The number of halogens is 1. The number of hydrogen-bond donors (Lipinski definition) is 2. The molecule has 1 aromatic carbocycles. The van der Waals surface area contributed by atoms with Gasteiger partial charge in [-0.2, -0.15) is 0 Å². The molecule has 6 heteroatoms. The maximum atomic E-state index is 13.7. The lowest BCUT2D eigenvalue weighted by molar-refractivity contribution is -0.138. The van der Waals surface area contributed by atoms with E-state index in [1.54, 1.807) is 23.1 Å². The summed E-state index contributed by atoms with van der Waals surface area (Å²) in [5.41, 5.74) is 0.237. The molecule has 23 heavy (non-hydrogen) atoms. The smallest absolute Gasteiger partial charge is 0.240 e. The highest BCUT2D eigenvalue weighted by Crippen LogP contribution is 2.17. The molecule has 1 aromatic rings. The summed E-state index contributed by atoms with van der Waals surface area (Å²) < 4.78 is 19.0. The summed E-state index contributed by atoms with van der Waals surface area (Å²) in [5.74, 6) is -0.371. The fourth-order valence-corrected chi connectivity index (χ4v) is 2.68. The van der Waals surface area contributed by atoms with E-state index in [1.165, 1.54) is 6.07 Å². The summed E-state index contributed by atoms with van der Waals surface area (Å²) in [6.07, 6.45) is -0.991. The van der Waals surface area contributed by atoms with Crippen LogP contribution >= 0.6 is 0 Å². The molecule has 0 aliphatic carbocycles. The molecule has 0 bridgehead atoms. The quantitative estimate of drug-likeness (QED) is 0.829. The molecule has 2 rings (SSSR count). The Morgan fingerprint density at radius 3 is 2.61 bits per heavy atom. The lowest BCUT2D eigenvalue weighted by Gasteiger charge is -2.32.